The summed E-state index contributed by atoms with van der Waals surface area (Å²) in [4.78, 5) is 23.2. The molecular formula is C29H51ClFN3O2. The van der Waals surface area contributed by atoms with Crippen LogP contribution in [0.4, 0.5) is 4.39 Å². The quantitative estimate of drug-likeness (QED) is 0.268. The zero-order chi connectivity index (χ0) is 28.7. The van der Waals surface area contributed by atoms with Crippen molar-refractivity contribution in [1.29, 1.82) is 0 Å². The van der Waals surface area contributed by atoms with Crippen LogP contribution in [0.25, 0.3) is 0 Å². The molecule has 0 spiro atoms. The number of aldehydes is 1. The summed E-state index contributed by atoms with van der Waals surface area (Å²) in [6, 6.07) is 6.42. The molecule has 1 amide bonds. The SMILES string of the molecule is C/C=C\C(Cl)=C(\F)CC.CC(C)N.CCN(C)CCC(C)NC(C)=O.CCc1ccc(C=O)cc1C. The van der Waals surface area contributed by atoms with Crippen molar-refractivity contribution in [1.82, 2.24) is 10.2 Å². The van der Waals surface area contributed by atoms with Crippen LogP contribution in [0.15, 0.2) is 41.2 Å². The third-order valence-electron chi connectivity index (χ3n) is 4.70. The van der Waals surface area contributed by atoms with Crippen LogP contribution in [0.3, 0.4) is 0 Å². The van der Waals surface area contributed by atoms with E-state index in [1.54, 1.807) is 32.9 Å². The molecule has 1 aromatic carbocycles. The van der Waals surface area contributed by atoms with Crippen molar-refractivity contribution < 1.29 is 14.0 Å². The Hall–Kier alpha value is -2.02. The minimum atomic E-state index is -0.255. The molecule has 1 unspecified atom stereocenters. The Labute approximate surface area is 225 Å². The third-order valence-corrected chi connectivity index (χ3v) is 5.03. The van der Waals surface area contributed by atoms with Crippen LogP contribution in [-0.4, -0.2) is 49.3 Å². The predicted molar refractivity (Wildman–Crippen MR) is 155 cm³/mol. The number of halogens is 2. The minimum absolute atomic E-state index is 0.0571. The topological polar surface area (TPSA) is 75.4 Å². The van der Waals surface area contributed by atoms with Gasteiger partial charge < -0.3 is 16.0 Å². The van der Waals surface area contributed by atoms with Gasteiger partial charge in [-0.05, 0) is 89.5 Å². The summed E-state index contributed by atoms with van der Waals surface area (Å²) < 4.78 is 12.4. The molecule has 0 bridgehead atoms. The fourth-order valence-corrected chi connectivity index (χ4v) is 2.85. The number of nitrogens with two attached hydrogens (primary N) is 1. The highest BCUT2D eigenvalue weighted by molar-refractivity contribution is 6.31. The lowest BCUT2D eigenvalue weighted by atomic mass is 10.0. The first-order valence-electron chi connectivity index (χ1n) is 12.7. The van der Waals surface area contributed by atoms with Crippen molar-refractivity contribution in [2.24, 2.45) is 5.73 Å². The van der Waals surface area contributed by atoms with E-state index in [0.29, 0.717) is 12.5 Å². The van der Waals surface area contributed by atoms with E-state index in [2.05, 4.69) is 31.1 Å². The number of aryl methyl sites for hydroxylation is 2. The van der Waals surface area contributed by atoms with Gasteiger partial charge in [0.25, 0.3) is 0 Å². The number of nitrogens with zero attached hydrogens (tertiary/aromatic N) is 1. The van der Waals surface area contributed by atoms with Crippen LogP contribution >= 0.6 is 11.6 Å². The average molecular weight is 528 g/mol. The fraction of sp³-hybridized carbons (Fsp3) is 0.586. The predicted octanol–water partition coefficient (Wildman–Crippen LogP) is 6.97. The molecule has 0 fully saturated rings. The van der Waals surface area contributed by atoms with Crippen LogP contribution in [0, 0.1) is 6.92 Å². The van der Waals surface area contributed by atoms with Crippen molar-refractivity contribution in [2.75, 3.05) is 20.1 Å². The summed E-state index contributed by atoms with van der Waals surface area (Å²) in [5, 5.41) is 3.06. The summed E-state index contributed by atoms with van der Waals surface area (Å²) in [5.74, 6) is -0.198. The maximum absolute atomic E-state index is 12.4. The molecule has 1 rings (SSSR count). The van der Waals surface area contributed by atoms with E-state index in [1.165, 1.54) is 11.1 Å². The van der Waals surface area contributed by atoms with E-state index in [4.69, 9.17) is 17.3 Å². The molecular weight excluding hydrogens is 477 g/mol. The molecule has 0 saturated heterocycles. The first-order chi connectivity index (χ1) is 16.8. The second kappa shape index (κ2) is 24.7. The highest BCUT2D eigenvalue weighted by atomic mass is 35.5. The number of allylic oxidation sites excluding steroid dienone is 4. The third kappa shape index (κ3) is 25.1. The Morgan fingerprint density at radius 2 is 1.78 bits per heavy atom. The number of benzene rings is 1. The van der Waals surface area contributed by atoms with Gasteiger partial charge in [0.1, 0.15) is 12.1 Å². The number of hydrogen-bond acceptors (Lipinski definition) is 4. The second-order valence-corrected chi connectivity index (χ2v) is 9.20. The first-order valence-corrected chi connectivity index (χ1v) is 13.1. The number of carbonyl (C=O) groups is 2. The van der Waals surface area contributed by atoms with E-state index >= 15 is 0 Å². The normalized spacial score (nSPS) is 11.9. The zero-order valence-corrected chi connectivity index (χ0v) is 25.0. The first kappa shape index (κ1) is 38.5. The van der Waals surface area contributed by atoms with Gasteiger partial charge in [-0.25, -0.2) is 4.39 Å². The molecule has 36 heavy (non-hydrogen) atoms. The number of hydrogen-bond donors (Lipinski definition) is 2. The molecule has 0 heterocycles. The number of carbonyl (C=O) groups excluding carboxylic acids is 2. The zero-order valence-electron chi connectivity index (χ0n) is 24.3. The Balaban J connectivity index is -0.000000425. The van der Waals surface area contributed by atoms with Gasteiger partial charge in [-0.15, -0.1) is 0 Å². The number of rotatable bonds is 9. The van der Waals surface area contributed by atoms with Crippen LogP contribution in [0.1, 0.15) is 89.7 Å². The van der Waals surface area contributed by atoms with Gasteiger partial charge in [-0.2, -0.15) is 0 Å². The van der Waals surface area contributed by atoms with Crippen molar-refractivity contribution in [2.45, 2.75) is 93.7 Å². The maximum Gasteiger partial charge on any atom is 0.217 e. The fourth-order valence-electron chi connectivity index (χ4n) is 2.59. The molecule has 3 N–H and O–H groups in total. The van der Waals surface area contributed by atoms with Gasteiger partial charge in [-0.3, -0.25) is 9.59 Å². The summed E-state index contributed by atoms with van der Waals surface area (Å²) >= 11 is 5.45. The molecule has 208 valence electrons. The summed E-state index contributed by atoms with van der Waals surface area (Å²) in [7, 11) is 2.08. The van der Waals surface area contributed by atoms with Gasteiger partial charge in [-0.1, -0.05) is 64.4 Å². The van der Waals surface area contributed by atoms with Gasteiger partial charge >= 0.3 is 0 Å². The van der Waals surface area contributed by atoms with Gasteiger partial charge in [0.15, 0.2) is 0 Å². The Morgan fingerprint density at radius 3 is 2.14 bits per heavy atom. The van der Waals surface area contributed by atoms with Crippen molar-refractivity contribution in [3.63, 3.8) is 0 Å². The highest BCUT2D eigenvalue weighted by Crippen LogP contribution is 2.14. The second-order valence-electron chi connectivity index (χ2n) is 8.79. The van der Waals surface area contributed by atoms with Crippen molar-refractivity contribution in [3.05, 3.63) is 57.9 Å². The molecule has 1 aromatic rings. The van der Waals surface area contributed by atoms with Gasteiger partial charge in [0, 0.05) is 18.5 Å². The molecule has 0 aliphatic heterocycles. The molecule has 0 aliphatic carbocycles. The number of amides is 1. The lowest BCUT2D eigenvalue weighted by molar-refractivity contribution is -0.119. The summed E-state index contributed by atoms with van der Waals surface area (Å²) in [6.45, 7) is 19.4. The largest absolute Gasteiger partial charge is 0.354 e. The lowest BCUT2D eigenvalue weighted by Gasteiger charge is -2.17. The monoisotopic (exact) mass is 527 g/mol. The maximum atomic E-state index is 12.4. The van der Waals surface area contributed by atoms with E-state index in [1.807, 2.05) is 45.9 Å². The Bertz CT molecular complexity index is 777. The Morgan fingerprint density at radius 1 is 1.22 bits per heavy atom. The van der Waals surface area contributed by atoms with Gasteiger partial charge in [0.2, 0.25) is 5.91 Å². The van der Waals surface area contributed by atoms with Crippen LogP contribution < -0.4 is 11.1 Å². The van der Waals surface area contributed by atoms with Crippen LogP contribution in [0.5, 0.6) is 0 Å². The molecule has 1 atom stereocenters. The molecule has 0 radical (unpaired) electrons. The summed E-state index contributed by atoms with van der Waals surface area (Å²) in [6.07, 6.45) is 6.54. The van der Waals surface area contributed by atoms with E-state index < -0.39 is 0 Å². The van der Waals surface area contributed by atoms with Crippen LogP contribution in [0.2, 0.25) is 0 Å². The van der Waals surface area contributed by atoms with Crippen LogP contribution in [-0.2, 0) is 11.2 Å². The molecule has 0 aromatic heterocycles. The van der Waals surface area contributed by atoms with Crippen molar-refractivity contribution in [3.8, 4) is 0 Å². The van der Waals surface area contributed by atoms with E-state index in [-0.39, 0.29) is 22.8 Å². The molecule has 5 nitrogen and oxygen atoms in total. The highest BCUT2D eigenvalue weighted by Gasteiger charge is 2.03. The van der Waals surface area contributed by atoms with E-state index in [0.717, 1.165) is 37.8 Å². The lowest BCUT2D eigenvalue weighted by Crippen LogP contribution is -2.33. The van der Waals surface area contributed by atoms with E-state index in [9.17, 15) is 14.0 Å². The Kier molecular flexibility index (Phi) is 26.4. The van der Waals surface area contributed by atoms with Crippen molar-refractivity contribution >= 4 is 23.8 Å². The number of nitrogens with one attached hydrogen (secondary N) is 1. The molecule has 7 heteroatoms. The smallest absolute Gasteiger partial charge is 0.217 e. The van der Waals surface area contributed by atoms with Gasteiger partial charge in [0.05, 0.1) is 5.03 Å². The summed E-state index contributed by atoms with van der Waals surface area (Å²) in [5.41, 5.74) is 8.40. The molecule has 0 saturated carbocycles. The standard InChI is InChI=1S/C10H12O.C9H20N2O.C7H10ClF.C3H9N/c1-3-10-5-4-9(7-11)6-8(10)2;1-5-11(4)7-6-8(2)10-9(3)12;1-3-5-6(8)7(9)4-2;1-3(2)4/h4-7H,3H2,1-2H3;8H,5-7H2,1-4H3,(H,10,12);3,5H,4H2,1-2H3;3H,4H2,1-2H3/b;;5-3-,7-6-;. The average Bonchev–Trinajstić information content (AvgIpc) is 2.82. The minimum Gasteiger partial charge on any atom is -0.354 e. The molecule has 0 aliphatic rings.